The van der Waals surface area contributed by atoms with E-state index >= 15 is 0 Å². The molecule has 2 nitrogen and oxygen atoms in total. The molecule has 0 unspecified atom stereocenters. The Hall–Kier alpha value is -0.490. The Morgan fingerprint density at radius 2 is 2.62 bits per heavy atom. The van der Waals surface area contributed by atoms with Crippen molar-refractivity contribution in [3.05, 3.63) is 10.7 Å². The minimum atomic E-state index is 0.416. The van der Waals surface area contributed by atoms with E-state index in [0.29, 0.717) is 11.1 Å². The molecular weight excluding hydrogens is 170 g/mol. The third-order valence-electron chi connectivity index (χ3n) is 0.460. The standard InChI is InChI=1S/C5H6BrNO/c1-2-8-4-5(6)3-7/h4H,2H2,1H3/b5-4+. The maximum Gasteiger partial charge on any atom is 0.129 e. The first kappa shape index (κ1) is 7.51. The number of hydrogen-bond acceptors (Lipinski definition) is 2. The average molecular weight is 176 g/mol. The number of ether oxygens (including phenoxy) is 1. The van der Waals surface area contributed by atoms with Gasteiger partial charge in [-0.15, -0.1) is 0 Å². The summed E-state index contributed by atoms with van der Waals surface area (Å²) in [5, 5.41) is 8.12. The summed E-state index contributed by atoms with van der Waals surface area (Å²) in [5.74, 6) is 0. The van der Waals surface area contributed by atoms with Crippen molar-refractivity contribution < 1.29 is 4.74 Å². The first-order valence-electron chi connectivity index (χ1n) is 2.18. The normalized spacial score (nSPS) is 10.4. The average Bonchev–Trinajstić information content (AvgIpc) is 1.83. The second kappa shape index (κ2) is 4.66. The van der Waals surface area contributed by atoms with Gasteiger partial charge in [0.25, 0.3) is 0 Å². The Morgan fingerprint density at radius 1 is 2.00 bits per heavy atom. The lowest BCUT2D eigenvalue weighted by atomic mass is 10.7. The van der Waals surface area contributed by atoms with E-state index in [9.17, 15) is 0 Å². The van der Waals surface area contributed by atoms with Crippen molar-refractivity contribution in [2.45, 2.75) is 6.92 Å². The molecule has 0 bridgehead atoms. The molecule has 8 heavy (non-hydrogen) atoms. The van der Waals surface area contributed by atoms with E-state index in [0.717, 1.165) is 0 Å². The Morgan fingerprint density at radius 3 is 3.00 bits per heavy atom. The minimum Gasteiger partial charge on any atom is -0.500 e. The first-order chi connectivity index (χ1) is 3.81. The van der Waals surface area contributed by atoms with Crippen molar-refractivity contribution in [3.8, 4) is 6.07 Å². The van der Waals surface area contributed by atoms with Crippen LogP contribution in [-0.2, 0) is 4.74 Å². The molecule has 0 aliphatic carbocycles. The molecule has 0 saturated heterocycles. The highest BCUT2D eigenvalue weighted by atomic mass is 79.9. The predicted molar refractivity (Wildman–Crippen MR) is 34.2 cm³/mol. The van der Waals surface area contributed by atoms with Crippen LogP contribution < -0.4 is 0 Å². The number of nitrogens with zero attached hydrogens (tertiary/aromatic N) is 1. The third kappa shape index (κ3) is 3.69. The van der Waals surface area contributed by atoms with Gasteiger partial charge in [-0.25, -0.2) is 0 Å². The summed E-state index contributed by atoms with van der Waals surface area (Å²) >= 11 is 2.95. The van der Waals surface area contributed by atoms with Crippen LogP contribution in [0.5, 0.6) is 0 Å². The zero-order chi connectivity index (χ0) is 6.41. The molecule has 44 valence electrons. The largest absolute Gasteiger partial charge is 0.500 e. The van der Waals surface area contributed by atoms with Gasteiger partial charge in [0, 0.05) is 0 Å². The molecule has 0 aromatic carbocycles. The van der Waals surface area contributed by atoms with Crippen LogP contribution in [0.15, 0.2) is 10.7 Å². The fourth-order valence-electron chi connectivity index (χ4n) is 0.183. The van der Waals surface area contributed by atoms with E-state index in [4.69, 9.17) is 10.00 Å². The molecule has 0 aliphatic heterocycles. The number of allylic oxidation sites excluding steroid dienone is 1. The topological polar surface area (TPSA) is 33.0 Å². The summed E-state index contributed by atoms with van der Waals surface area (Å²) in [6.07, 6.45) is 1.38. The molecule has 0 heterocycles. The van der Waals surface area contributed by atoms with Crippen molar-refractivity contribution in [2.75, 3.05) is 6.61 Å². The van der Waals surface area contributed by atoms with Gasteiger partial charge in [-0.2, -0.15) is 5.26 Å². The zero-order valence-corrected chi connectivity index (χ0v) is 6.10. The van der Waals surface area contributed by atoms with Crippen LogP contribution in [0.2, 0.25) is 0 Å². The lowest BCUT2D eigenvalue weighted by Gasteiger charge is -1.89. The van der Waals surface area contributed by atoms with E-state index in [-0.39, 0.29) is 0 Å². The molecule has 0 N–H and O–H groups in total. The molecule has 0 aromatic heterocycles. The number of hydrogen-bond donors (Lipinski definition) is 0. The lowest BCUT2D eigenvalue weighted by molar-refractivity contribution is 0.269. The van der Waals surface area contributed by atoms with Crippen molar-refractivity contribution in [3.63, 3.8) is 0 Å². The quantitative estimate of drug-likeness (QED) is 0.474. The van der Waals surface area contributed by atoms with Crippen molar-refractivity contribution in [1.29, 1.82) is 5.26 Å². The molecule has 0 aromatic rings. The Bertz CT molecular complexity index is 125. The lowest BCUT2D eigenvalue weighted by Crippen LogP contribution is -1.76. The summed E-state index contributed by atoms with van der Waals surface area (Å²) in [5.41, 5.74) is 0. The molecule has 0 rings (SSSR count). The third-order valence-corrected chi connectivity index (χ3v) is 0.825. The smallest absolute Gasteiger partial charge is 0.129 e. The molecule has 3 heteroatoms. The number of halogens is 1. The van der Waals surface area contributed by atoms with E-state index in [2.05, 4.69) is 15.9 Å². The highest BCUT2D eigenvalue weighted by Gasteiger charge is 1.82. The molecule has 0 aliphatic rings. The van der Waals surface area contributed by atoms with Crippen molar-refractivity contribution in [2.24, 2.45) is 0 Å². The number of nitriles is 1. The van der Waals surface area contributed by atoms with Crippen LogP contribution in [0.1, 0.15) is 6.92 Å². The summed E-state index contributed by atoms with van der Waals surface area (Å²) in [4.78, 5) is 0. The van der Waals surface area contributed by atoms with Gasteiger partial charge in [0.05, 0.1) is 6.61 Å². The van der Waals surface area contributed by atoms with Gasteiger partial charge >= 0.3 is 0 Å². The second-order valence-corrected chi connectivity index (χ2v) is 1.89. The van der Waals surface area contributed by atoms with Gasteiger partial charge < -0.3 is 4.74 Å². The molecule has 0 atom stereocenters. The summed E-state index contributed by atoms with van der Waals surface area (Å²) in [6, 6.07) is 1.85. The van der Waals surface area contributed by atoms with Gasteiger partial charge in [0.15, 0.2) is 0 Å². The highest BCUT2D eigenvalue weighted by molar-refractivity contribution is 9.12. The zero-order valence-electron chi connectivity index (χ0n) is 4.52. The molecule has 0 fully saturated rings. The minimum absolute atomic E-state index is 0.416. The highest BCUT2D eigenvalue weighted by Crippen LogP contribution is 2.00. The van der Waals surface area contributed by atoms with E-state index < -0.39 is 0 Å². The monoisotopic (exact) mass is 175 g/mol. The van der Waals surface area contributed by atoms with Crippen LogP contribution in [0.3, 0.4) is 0 Å². The molecule has 0 radical (unpaired) electrons. The van der Waals surface area contributed by atoms with Crippen molar-refractivity contribution >= 4 is 15.9 Å². The van der Waals surface area contributed by atoms with Gasteiger partial charge in [-0.05, 0) is 22.9 Å². The fourth-order valence-corrected chi connectivity index (χ4v) is 0.315. The Balaban J connectivity index is 3.46. The van der Waals surface area contributed by atoms with E-state index in [1.54, 1.807) is 0 Å². The van der Waals surface area contributed by atoms with Crippen molar-refractivity contribution in [1.82, 2.24) is 0 Å². The summed E-state index contributed by atoms with van der Waals surface area (Å²) in [6.45, 7) is 2.45. The van der Waals surface area contributed by atoms with Crippen LogP contribution in [0.25, 0.3) is 0 Å². The van der Waals surface area contributed by atoms with Gasteiger partial charge in [-0.3, -0.25) is 0 Å². The van der Waals surface area contributed by atoms with Gasteiger partial charge in [0.2, 0.25) is 0 Å². The van der Waals surface area contributed by atoms with E-state index in [1.165, 1.54) is 6.26 Å². The summed E-state index contributed by atoms with van der Waals surface area (Å²) in [7, 11) is 0. The predicted octanol–water partition coefficient (Wildman–Crippen LogP) is 1.78. The fraction of sp³-hybridized carbons (Fsp3) is 0.400. The molecule has 0 amide bonds. The maximum absolute atomic E-state index is 8.12. The molecule has 0 saturated carbocycles. The van der Waals surface area contributed by atoms with Crippen LogP contribution in [-0.4, -0.2) is 6.61 Å². The van der Waals surface area contributed by atoms with Crippen LogP contribution in [0.4, 0.5) is 0 Å². The maximum atomic E-state index is 8.12. The van der Waals surface area contributed by atoms with Crippen LogP contribution >= 0.6 is 15.9 Å². The molecule has 0 spiro atoms. The summed E-state index contributed by atoms with van der Waals surface area (Å²) < 4.78 is 5.17. The van der Waals surface area contributed by atoms with E-state index in [1.807, 2.05) is 13.0 Å². The number of rotatable bonds is 2. The Labute approximate surface area is 56.9 Å². The second-order valence-electron chi connectivity index (χ2n) is 1.03. The van der Waals surface area contributed by atoms with Gasteiger partial charge in [-0.1, -0.05) is 0 Å². The molecular formula is C5H6BrNO. The van der Waals surface area contributed by atoms with Crippen LogP contribution in [0, 0.1) is 11.3 Å². The first-order valence-corrected chi connectivity index (χ1v) is 2.98. The SMILES string of the molecule is CCO/C=C(/Br)C#N. The van der Waals surface area contributed by atoms with Gasteiger partial charge in [0.1, 0.15) is 16.8 Å². The Kier molecular flexibility index (Phi) is 4.38.